The van der Waals surface area contributed by atoms with E-state index in [0.717, 1.165) is 17.7 Å². The lowest BCUT2D eigenvalue weighted by molar-refractivity contribution is 0.0734. The highest BCUT2D eigenvalue weighted by Crippen LogP contribution is 2.22. The Hall–Kier alpha value is -3.40. The van der Waals surface area contributed by atoms with E-state index >= 15 is 0 Å². The van der Waals surface area contributed by atoms with Crippen molar-refractivity contribution in [2.75, 3.05) is 18.0 Å². The number of fused-ring (bicyclic) bond motifs is 1. The third-order valence-electron chi connectivity index (χ3n) is 5.65. The largest absolute Gasteiger partial charge is 0.334 e. The van der Waals surface area contributed by atoms with Gasteiger partial charge in [-0.3, -0.25) is 9.59 Å². The SMILES string of the molecule is CCN(C(=O)c1cccc(C(=O)N2CCc3ccccc3C2)c1)c1cccc(C)c1. The minimum absolute atomic E-state index is 0.0299. The number of nitrogens with zero attached hydrogens (tertiary/aromatic N) is 2. The molecule has 3 aromatic rings. The first kappa shape index (κ1) is 19.9. The highest BCUT2D eigenvalue weighted by Gasteiger charge is 2.23. The molecule has 0 N–H and O–H groups in total. The van der Waals surface area contributed by atoms with Gasteiger partial charge in [-0.05, 0) is 67.3 Å². The van der Waals surface area contributed by atoms with Gasteiger partial charge in [0.25, 0.3) is 11.8 Å². The van der Waals surface area contributed by atoms with E-state index in [4.69, 9.17) is 0 Å². The van der Waals surface area contributed by atoms with Crippen molar-refractivity contribution in [1.29, 1.82) is 0 Å². The summed E-state index contributed by atoms with van der Waals surface area (Å²) in [7, 11) is 0. The predicted octanol–water partition coefficient (Wildman–Crippen LogP) is 4.86. The molecule has 0 aromatic heterocycles. The molecule has 3 aromatic carbocycles. The first-order valence-corrected chi connectivity index (χ1v) is 10.4. The average molecular weight is 399 g/mol. The lowest BCUT2D eigenvalue weighted by Gasteiger charge is -2.29. The van der Waals surface area contributed by atoms with Crippen LogP contribution in [0.15, 0.2) is 72.8 Å². The van der Waals surface area contributed by atoms with Crippen LogP contribution in [0.2, 0.25) is 0 Å². The number of carbonyl (C=O) groups excluding carboxylic acids is 2. The molecule has 30 heavy (non-hydrogen) atoms. The summed E-state index contributed by atoms with van der Waals surface area (Å²) >= 11 is 0. The van der Waals surface area contributed by atoms with Gasteiger partial charge >= 0.3 is 0 Å². The van der Waals surface area contributed by atoms with Crippen LogP contribution in [-0.4, -0.2) is 29.8 Å². The molecule has 0 fully saturated rings. The fraction of sp³-hybridized carbons (Fsp3) is 0.231. The molecule has 152 valence electrons. The monoisotopic (exact) mass is 398 g/mol. The maximum Gasteiger partial charge on any atom is 0.258 e. The third kappa shape index (κ3) is 3.99. The summed E-state index contributed by atoms with van der Waals surface area (Å²) in [5, 5.41) is 0. The Kier molecular flexibility index (Phi) is 5.66. The molecule has 0 atom stereocenters. The molecular formula is C26H26N2O2. The van der Waals surface area contributed by atoms with Crippen LogP contribution in [0.5, 0.6) is 0 Å². The van der Waals surface area contributed by atoms with Crippen LogP contribution >= 0.6 is 0 Å². The maximum absolute atomic E-state index is 13.2. The van der Waals surface area contributed by atoms with Crippen molar-refractivity contribution in [2.45, 2.75) is 26.8 Å². The number of amides is 2. The number of anilines is 1. The molecule has 2 amide bonds. The van der Waals surface area contributed by atoms with Crippen molar-refractivity contribution >= 4 is 17.5 Å². The number of benzene rings is 3. The predicted molar refractivity (Wildman–Crippen MR) is 120 cm³/mol. The van der Waals surface area contributed by atoms with Crippen LogP contribution in [0, 0.1) is 6.92 Å². The molecule has 4 heteroatoms. The molecule has 1 aliphatic rings. The van der Waals surface area contributed by atoms with E-state index in [2.05, 4.69) is 12.1 Å². The Morgan fingerprint density at radius 3 is 2.40 bits per heavy atom. The van der Waals surface area contributed by atoms with E-state index in [9.17, 15) is 9.59 Å². The number of aryl methyl sites for hydroxylation is 1. The smallest absolute Gasteiger partial charge is 0.258 e. The minimum Gasteiger partial charge on any atom is -0.334 e. The third-order valence-corrected chi connectivity index (χ3v) is 5.65. The Bertz CT molecular complexity index is 1090. The zero-order valence-corrected chi connectivity index (χ0v) is 17.5. The summed E-state index contributed by atoms with van der Waals surface area (Å²) in [4.78, 5) is 30.0. The first-order chi connectivity index (χ1) is 14.6. The van der Waals surface area contributed by atoms with Gasteiger partial charge in [0.05, 0.1) is 0 Å². The van der Waals surface area contributed by atoms with Crippen LogP contribution in [0.4, 0.5) is 5.69 Å². The van der Waals surface area contributed by atoms with Crippen molar-refractivity contribution in [3.05, 3.63) is 101 Å². The molecule has 0 aliphatic carbocycles. The first-order valence-electron chi connectivity index (χ1n) is 10.4. The Labute approximate surface area is 177 Å². The van der Waals surface area contributed by atoms with Gasteiger partial charge in [-0.25, -0.2) is 0 Å². The van der Waals surface area contributed by atoms with Crippen molar-refractivity contribution in [2.24, 2.45) is 0 Å². The lowest BCUT2D eigenvalue weighted by Crippen LogP contribution is -2.36. The average Bonchev–Trinajstić information content (AvgIpc) is 2.79. The molecule has 0 saturated heterocycles. The molecule has 4 nitrogen and oxygen atoms in total. The second kappa shape index (κ2) is 8.54. The maximum atomic E-state index is 13.2. The minimum atomic E-state index is -0.0956. The van der Waals surface area contributed by atoms with E-state index < -0.39 is 0 Å². The Morgan fingerprint density at radius 1 is 0.900 bits per heavy atom. The molecule has 4 rings (SSSR count). The van der Waals surface area contributed by atoms with Gasteiger partial charge in [-0.2, -0.15) is 0 Å². The fourth-order valence-electron chi connectivity index (χ4n) is 4.03. The van der Waals surface area contributed by atoms with Crippen LogP contribution < -0.4 is 4.90 Å². The topological polar surface area (TPSA) is 40.6 Å². The van der Waals surface area contributed by atoms with Crippen LogP contribution in [0.3, 0.4) is 0 Å². The van der Waals surface area contributed by atoms with Crippen molar-refractivity contribution in [1.82, 2.24) is 4.90 Å². The number of hydrogen-bond donors (Lipinski definition) is 0. The standard InChI is InChI=1S/C26H26N2O2/c1-3-28(24-13-6-8-19(2)16-24)26(30)22-12-7-11-21(17-22)25(29)27-15-14-20-9-4-5-10-23(20)18-27/h4-13,16-17H,3,14-15,18H2,1-2H3. The molecule has 0 saturated carbocycles. The lowest BCUT2D eigenvalue weighted by atomic mass is 9.99. The van der Waals surface area contributed by atoms with Crippen LogP contribution in [0.1, 0.15) is 44.3 Å². The molecular weight excluding hydrogens is 372 g/mol. The zero-order chi connectivity index (χ0) is 21.1. The summed E-state index contributed by atoms with van der Waals surface area (Å²) < 4.78 is 0. The van der Waals surface area contributed by atoms with Crippen LogP contribution in [0.25, 0.3) is 0 Å². The van der Waals surface area contributed by atoms with Gasteiger partial charge in [0.2, 0.25) is 0 Å². The van der Waals surface area contributed by atoms with E-state index in [0.29, 0.717) is 30.8 Å². The summed E-state index contributed by atoms with van der Waals surface area (Å²) in [5.41, 5.74) is 5.56. The summed E-state index contributed by atoms with van der Waals surface area (Å²) in [6.07, 6.45) is 0.859. The normalized spacial score (nSPS) is 12.9. The second-order valence-electron chi connectivity index (χ2n) is 7.71. The van der Waals surface area contributed by atoms with Gasteiger partial charge < -0.3 is 9.80 Å². The van der Waals surface area contributed by atoms with E-state index in [1.165, 1.54) is 11.1 Å². The quantitative estimate of drug-likeness (QED) is 0.630. The van der Waals surface area contributed by atoms with Crippen molar-refractivity contribution < 1.29 is 9.59 Å². The highest BCUT2D eigenvalue weighted by molar-refractivity contribution is 6.07. The van der Waals surface area contributed by atoms with Gasteiger partial charge in [0.1, 0.15) is 0 Å². The molecule has 1 heterocycles. The molecule has 1 aliphatic heterocycles. The summed E-state index contributed by atoms with van der Waals surface area (Å²) in [6, 6.07) is 23.3. The van der Waals surface area contributed by atoms with E-state index in [1.807, 2.05) is 55.1 Å². The Morgan fingerprint density at radius 2 is 1.63 bits per heavy atom. The molecule has 0 radical (unpaired) electrons. The van der Waals surface area contributed by atoms with Gasteiger partial charge in [-0.15, -0.1) is 0 Å². The molecule has 0 bridgehead atoms. The van der Waals surface area contributed by atoms with E-state index in [-0.39, 0.29) is 11.8 Å². The molecule has 0 spiro atoms. The summed E-state index contributed by atoms with van der Waals surface area (Å²) in [6.45, 7) is 5.83. The fourth-order valence-corrected chi connectivity index (χ4v) is 4.03. The van der Waals surface area contributed by atoms with Gasteiger partial charge in [0.15, 0.2) is 0 Å². The number of rotatable bonds is 4. The highest BCUT2D eigenvalue weighted by atomic mass is 16.2. The second-order valence-corrected chi connectivity index (χ2v) is 7.71. The van der Waals surface area contributed by atoms with E-state index in [1.54, 1.807) is 29.2 Å². The van der Waals surface area contributed by atoms with Gasteiger partial charge in [0, 0.05) is 36.4 Å². The van der Waals surface area contributed by atoms with Crippen molar-refractivity contribution in [3.63, 3.8) is 0 Å². The van der Waals surface area contributed by atoms with Gasteiger partial charge in [-0.1, -0.05) is 42.5 Å². The molecule has 0 unspecified atom stereocenters. The van der Waals surface area contributed by atoms with Crippen molar-refractivity contribution in [3.8, 4) is 0 Å². The Balaban J connectivity index is 1.56. The van der Waals surface area contributed by atoms with Crippen LogP contribution in [-0.2, 0) is 13.0 Å². The summed E-state index contributed by atoms with van der Waals surface area (Å²) in [5.74, 6) is -0.125. The number of carbonyl (C=O) groups is 2. The number of hydrogen-bond acceptors (Lipinski definition) is 2. The zero-order valence-electron chi connectivity index (χ0n) is 17.5.